The maximum atomic E-state index is 11.5. The second-order valence-corrected chi connectivity index (χ2v) is 6.33. The Morgan fingerprint density at radius 1 is 1.31 bits per heavy atom. The first-order valence-electron chi connectivity index (χ1n) is 4.72. The van der Waals surface area contributed by atoms with E-state index in [4.69, 9.17) is 10.2 Å². The van der Waals surface area contributed by atoms with Gasteiger partial charge in [0.05, 0.1) is 21.1 Å². The van der Waals surface area contributed by atoms with Crippen LogP contribution in [0.4, 0.5) is 0 Å². The highest BCUT2D eigenvalue weighted by atomic mass is 31.2. The van der Waals surface area contributed by atoms with Crippen molar-refractivity contribution in [1.29, 1.82) is 0 Å². The molecule has 8 heteroatoms. The van der Waals surface area contributed by atoms with E-state index in [-0.39, 0.29) is 19.4 Å². The van der Waals surface area contributed by atoms with Crippen LogP contribution in [0, 0.1) is 0 Å². The number of carboxylic acids is 1. The molecule has 0 radical (unpaired) electrons. The Labute approximate surface area is 94.1 Å². The number of rotatable bonds is 6. The van der Waals surface area contributed by atoms with Gasteiger partial charge in [-0.2, -0.15) is 0 Å². The number of carboxylic acid groups (broad SMARTS) is 1. The van der Waals surface area contributed by atoms with E-state index in [9.17, 15) is 19.1 Å². The molecular formula is C8H19NO6P+. The molecule has 0 saturated carbocycles. The van der Waals surface area contributed by atoms with Crippen LogP contribution in [0.25, 0.3) is 0 Å². The first-order valence-corrected chi connectivity index (χ1v) is 6.33. The fraction of sp³-hybridized carbons (Fsp3) is 0.875. The van der Waals surface area contributed by atoms with Crippen LogP contribution in [0.3, 0.4) is 0 Å². The minimum atomic E-state index is -4.85. The smallest absolute Gasteiger partial charge is 0.397 e. The topological polar surface area (TPSA) is 115 Å². The lowest BCUT2D eigenvalue weighted by atomic mass is 10.1. The lowest BCUT2D eigenvalue weighted by Gasteiger charge is -2.42. The molecule has 0 amide bonds. The summed E-state index contributed by atoms with van der Waals surface area (Å²) in [5, 5.41) is 15.6. The molecule has 4 N–H and O–H groups in total. The molecule has 0 aromatic heterocycles. The highest BCUT2D eigenvalue weighted by molar-refractivity contribution is 7.54. The van der Waals surface area contributed by atoms with E-state index >= 15 is 0 Å². The molecule has 0 saturated heterocycles. The molecule has 0 bridgehead atoms. The Bertz CT molecular complexity index is 306. The first-order chi connectivity index (χ1) is 7.00. The van der Waals surface area contributed by atoms with Crippen LogP contribution in [0.1, 0.15) is 12.8 Å². The van der Waals surface area contributed by atoms with Gasteiger partial charge < -0.3 is 24.5 Å². The van der Waals surface area contributed by atoms with E-state index in [0.717, 1.165) is 0 Å². The van der Waals surface area contributed by atoms with Crippen LogP contribution >= 0.6 is 7.60 Å². The Hall–Kier alpha value is -0.460. The molecule has 0 spiro atoms. The van der Waals surface area contributed by atoms with Gasteiger partial charge in [0.2, 0.25) is 0 Å². The summed E-state index contributed by atoms with van der Waals surface area (Å²) in [6.07, 6.45) is -0.264. The third-order valence-electron chi connectivity index (χ3n) is 2.62. The Morgan fingerprint density at radius 2 is 1.75 bits per heavy atom. The minimum Gasteiger partial charge on any atom is -0.476 e. The average Bonchev–Trinajstić information content (AvgIpc) is 1.99. The standard InChI is InChI=1S/C8H18NO6P/c1-9(2,3)8(7(11)12,5-4-6-10)16(13,14)15/h10H,4-6H2,1-3H3,(H2-,11,12,13,14,15)/p+1. The molecule has 0 aliphatic rings. The molecule has 0 aromatic rings. The van der Waals surface area contributed by atoms with Crippen molar-refractivity contribution >= 4 is 13.6 Å². The van der Waals surface area contributed by atoms with Gasteiger partial charge in [0.1, 0.15) is 0 Å². The van der Waals surface area contributed by atoms with Gasteiger partial charge in [-0.05, 0) is 6.42 Å². The van der Waals surface area contributed by atoms with E-state index < -0.39 is 23.3 Å². The first kappa shape index (κ1) is 15.5. The van der Waals surface area contributed by atoms with Crippen molar-refractivity contribution in [3.8, 4) is 0 Å². The SMILES string of the molecule is C[N+](C)(C)C(CCCO)(C(=O)O)P(=O)(O)O. The molecule has 0 rings (SSSR count). The summed E-state index contributed by atoms with van der Waals surface area (Å²) in [5.41, 5.74) is 0. The van der Waals surface area contributed by atoms with E-state index in [2.05, 4.69) is 0 Å². The van der Waals surface area contributed by atoms with Gasteiger partial charge in [0.15, 0.2) is 0 Å². The fourth-order valence-electron chi connectivity index (χ4n) is 1.72. The molecule has 16 heavy (non-hydrogen) atoms. The highest BCUT2D eigenvalue weighted by Gasteiger charge is 2.63. The van der Waals surface area contributed by atoms with Gasteiger partial charge in [0, 0.05) is 13.0 Å². The summed E-state index contributed by atoms with van der Waals surface area (Å²) < 4.78 is 11.1. The molecule has 0 aliphatic heterocycles. The summed E-state index contributed by atoms with van der Waals surface area (Å²) >= 11 is 0. The van der Waals surface area contributed by atoms with Crippen LogP contribution in [0.5, 0.6) is 0 Å². The molecule has 1 atom stereocenters. The number of aliphatic carboxylic acids is 1. The van der Waals surface area contributed by atoms with E-state index in [0.29, 0.717) is 0 Å². The maximum absolute atomic E-state index is 11.5. The predicted molar refractivity (Wildman–Crippen MR) is 56.8 cm³/mol. The minimum absolute atomic E-state index is 0.0208. The van der Waals surface area contributed by atoms with Crippen molar-refractivity contribution < 1.29 is 33.8 Å². The van der Waals surface area contributed by atoms with Crippen LogP contribution in [0.2, 0.25) is 0 Å². The van der Waals surface area contributed by atoms with Gasteiger partial charge in [-0.3, -0.25) is 4.57 Å². The molecule has 1 unspecified atom stereocenters. The summed E-state index contributed by atoms with van der Waals surface area (Å²) in [6.45, 7) is -0.310. The number of quaternary nitrogens is 1. The number of aliphatic hydroxyl groups excluding tert-OH is 1. The number of hydrogen-bond donors (Lipinski definition) is 4. The van der Waals surface area contributed by atoms with Gasteiger partial charge in [-0.15, -0.1) is 0 Å². The van der Waals surface area contributed by atoms with Crippen LogP contribution in [-0.4, -0.2) is 63.5 Å². The summed E-state index contributed by atoms with van der Waals surface area (Å²) in [6, 6.07) is 0. The number of hydrogen-bond acceptors (Lipinski definition) is 3. The Balaban J connectivity index is 5.62. The van der Waals surface area contributed by atoms with Crippen LogP contribution < -0.4 is 0 Å². The molecular weight excluding hydrogens is 237 g/mol. The number of aliphatic hydroxyl groups is 1. The van der Waals surface area contributed by atoms with Gasteiger partial charge in [-0.1, -0.05) is 0 Å². The third-order valence-corrected chi connectivity index (χ3v) is 4.60. The Morgan fingerprint density at radius 3 is 1.94 bits per heavy atom. The van der Waals surface area contributed by atoms with Crippen molar-refractivity contribution in [2.24, 2.45) is 0 Å². The predicted octanol–water partition coefficient (Wildman–Crippen LogP) is -0.576. The summed E-state index contributed by atoms with van der Waals surface area (Å²) in [5.74, 6) is -1.55. The van der Waals surface area contributed by atoms with Crippen LogP contribution in [-0.2, 0) is 9.36 Å². The molecule has 0 aliphatic carbocycles. The largest absolute Gasteiger partial charge is 0.476 e. The number of likely N-dealkylation sites (N-methyl/N-ethyl adjacent to an activating group) is 1. The zero-order valence-electron chi connectivity index (χ0n) is 9.62. The van der Waals surface area contributed by atoms with Gasteiger partial charge >= 0.3 is 13.6 Å². The van der Waals surface area contributed by atoms with Crippen molar-refractivity contribution in [2.75, 3.05) is 27.7 Å². The lowest BCUT2D eigenvalue weighted by molar-refractivity contribution is -0.900. The van der Waals surface area contributed by atoms with Crippen LogP contribution in [0.15, 0.2) is 0 Å². The summed E-state index contributed by atoms with van der Waals surface area (Å²) in [4.78, 5) is 29.8. The molecule has 0 heterocycles. The van der Waals surface area contributed by atoms with E-state index in [1.54, 1.807) is 0 Å². The van der Waals surface area contributed by atoms with Crippen molar-refractivity contribution in [3.63, 3.8) is 0 Å². The monoisotopic (exact) mass is 256 g/mol. The van der Waals surface area contributed by atoms with Crippen molar-refractivity contribution in [2.45, 2.75) is 18.1 Å². The number of carbonyl (C=O) groups is 1. The zero-order chi connectivity index (χ0) is 13.2. The molecule has 0 fully saturated rings. The van der Waals surface area contributed by atoms with E-state index in [1.165, 1.54) is 21.1 Å². The summed E-state index contributed by atoms with van der Waals surface area (Å²) in [7, 11) is -0.631. The normalized spacial score (nSPS) is 16.9. The molecule has 7 nitrogen and oxygen atoms in total. The zero-order valence-corrected chi connectivity index (χ0v) is 10.5. The number of nitrogens with zero attached hydrogens (tertiary/aromatic N) is 1. The Kier molecular flexibility index (Phi) is 4.67. The second-order valence-electron chi connectivity index (χ2n) is 4.51. The van der Waals surface area contributed by atoms with Gasteiger partial charge in [-0.25, -0.2) is 4.79 Å². The van der Waals surface area contributed by atoms with E-state index in [1.807, 2.05) is 0 Å². The quantitative estimate of drug-likeness (QED) is 0.373. The molecule has 0 aromatic carbocycles. The third kappa shape index (κ3) is 2.61. The van der Waals surface area contributed by atoms with Crippen molar-refractivity contribution in [3.05, 3.63) is 0 Å². The van der Waals surface area contributed by atoms with Crippen molar-refractivity contribution in [1.82, 2.24) is 0 Å². The van der Waals surface area contributed by atoms with Gasteiger partial charge in [0.25, 0.3) is 5.28 Å². The fourth-order valence-corrected chi connectivity index (χ4v) is 3.20. The highest BCUT2D eigenvalue weighted by Crippen LogP contribution is 2.56. The second kappa shape index (κ2) is 4.81. The lowest BCUT2D eigenvalue weighted by Crippen LogP contribution is -2.61. The average molecular weight is 256 g/mol. The maximum Gasteiger partial charge on any atom is 0.397 e. The molecule has 96 valence electrons.